The van der Waals surface area contributed by atoms with Gasteiger partial charge >= 0.3 is 0 Å². The van der Waals surface area contributed by atoms with Crippen LogP contribution in [0.2, 0.25) is 0 Å². The Morgan fingerprint density at radius 1 is 1.28 bits per heavy atom. The first kappa shape index (κ1) is 17.1. The SMILES string of the molecule is COc1ccc2c(ccn2CCC(=O)NCc2c(C)nn(C)c2C)c1. The molecule has 0 fully saturated rings. The highest BCUT2D eigenvalue weighted by atomic mass is 16.5. The normalized spacial score (nSPS) is 11.0. The van der Waals surface area contributed by atoms with Crippen LogP contribution in [0.3, 0.4) is 0 Å². The third kappa shape index (κ3) is 3.52. The fourth-order valence-corrected chi connectivity index (χ4v) is 3.07. The van der Waals surface area contributed by atoms with Crippen LogP contribution in [-0.2, 0) is 24.9 Å². The summed E-state index contributed by atoms with van der Waals surface area (Å²) in [4.78, 5) is 12.2. The fourth-order valence-electron chi connectivity index (χ4n) is 3.07. The molecular formula is C19H24N4O2. The molecule has 0 atom stereocenters. The van der Waals surface area contributed by atoms with Gasteiger partial charge in [-0.25, -0.2) is 0 Å². The van der Waals surface area contributed by atoms with Crippen LogP contribution in [0.5, 0.6) is 5.75 Å². The minimum absolute atomic E-state index is 0.0398. The standard InChI is InChI=1S/C19H24N4O2/c1-13-17(14(2)22(3)21-13)12-20-19(24)8-10-23-9-7-15-11-16(25-4)5-6-18(15)23/h5-7,9,11H,8,10,12H2,1-4H3,(H,20,24). The van der Waals surface area contributed by atoms with Gasteiger partial charge in [0.2, 0.25) is 5.91 Å². The molecule has 25 heavy (non-hydrogen) atoms. The average Bonchev–Trinajstić information content (AvgIpc) is 3.11. The van der Waals surface area contributed by atoms with Crippen molar-refractivity contribution >= 4 is 16.8 Å². The highest BCUT2D eigenvalue weighted by molar-refractivity contribution is 5.82. The highest BCUT2D eigenvalue weighted by Gasteiger charge is 2.11. The van der Waals surface area contributed by atoms with Crippen molar-refractivity contribution in [2.75, 3.05) is 7.11 Å². The number of hydrogen-bond acceptors (Lipinski definition) is 3. The van der Waals surface area contributed by atoms with Crippen molar-refractivity contribution in [2.24, 2.45) is 7.05 Å². The molecule has 0 saturated heterocycles. The number of methoxy groups -OCH3 is 1. The molecule has 0 aliphatic carbocycles. The summed E-state index contributed by atoms with van der Waals surface area (Å²) in [6, 6.07) is 8.00. The minimum atomic E-state index is 0.0398. The number of nitrogens with zero attached hydrogens (tertiary/aromatic N) is 3. The van der Waals surface area contributed by atoms with E-state index in [2.05, 4.69) is 15.0 Å². The number of hydrogen-bond donors (Lipinski definition) is 1. The van der Waals surface area contributed by atoms with Crippen molar-refractivity contribution in [3.05, 3.63) is 47.4 Å². The first-order valence-electron chi connectivity index (χ1n) is 8.38. The maximum absolute atomic E-state index is 12.2. The Kier molecular flexibility index (Phi) is 4.79. The van der Waals surface area contributed by atoms with Gasteiger partial charge in [-0.3, -0.25) is 9.48 Å². The number of aryl methyl sites for hydroxylation is 3. The molecule has 2 heterocycles. The number of carbonyl (C=O) groups is 1. The van der Waals surface area contributed by atoms with Crippen LogP contribution in [0.15, 0.2) is 30.5 Å². The lowest BCUT2D eigenvalue weighted by molar-refractivity contribution is -0.121. The third-order valence-electron chi connectivity index (χ3n) is 4.68. The molecule has 1 amide bonds. The second kappa shape index (κ2) is 7.01. The summed E-state index contributed by atoms with van der Waals surface area (Å²) in [7, 11) is 3.58. The van der Waals surface area contributed by atoms with Crippen LogP contribution in [0.25, 0.3) is 10.9 Å². The average molecular weight is 340 g/mol. The van der Waals surface area contributed by atoms with E-state index in [0.29, 0.717) is 19.5 Å². The molecule has 132 valence electrons. The summed E-state index contributed by atoms with van der Waals surface area (Å²) < 4.78 is 9.18. The van der Waals surface area contributed by atoms with Crippen molar-refractivity contribution in [1.82, 2.24) is 19.7 Å². The first-order chi connectivity index (χ1) is 12.0. The van der Waals surface area contributed by atoms with Crippen LogP contribution in [0.1, 0.15) is 23.4 Å². The topological polar surface area (TPSA) is 61.1 Å². The molecule has 1 aromatic carbocycles. The molecule has 0 saturated carbocycles. The lowest BCUT2D eigenvalue weighted by Crippen LogP contribution is -2.24. The molecule has 1 N–H and O–H groups in total. The molecule has 3 aromatic rings. The van der Waals surface area contributed by atoms with Crippen molar-refractivity contribution < 1.29 is 9.53 Å². The second-order valence-electron chi connectivity index (χ2n) is 6.23. The van der Waals surface area contributed by atoms with Gasteiger partial charge in [0, 0.05) is 54.9 Å². The Labute approximate surface area is 147 Å². The zero-order chi connectivity index (χ0) is 18.0. The Morgan fingerprint density at radius 2 is 2.08 bits per heavy atom. The molecule has 6 heteroatoms. The van der Waals surface area contributed by atoms with Gasteiger partial charge in [0.1, 0.15) is 5.75 Å². The van der Waals surface area contributed by atoms with E-state index in [4.69, 9.17) is 4.74 Å². The van der Waals surface area contributed by atoms with E-state index >= 15 is 0 Å². The van der Waals surface area contributed by atoms with E-state index in [1.54, 1.807) is 7.11 Å². The van der Waals surface area contributed by atoms with Gasteiger partial charge in [-0.1, -0.05) is 0 Å². The first-order valence-corrected chi connectivity index (χ1v) is 8.38. The minimum Gasteiger partial charge on any atom is -0.497 e. The van der Waals surface area contributed by atoms with E-state index in [9.17, 15) is 4.79 Å². The summed E-state index contributed by atoms with van der Waals surface area (Å²) in [5.41, 5.74) is 4.25. The quantitative estimate of drug-likeness (QED) is 0.750. The molecular weight excluding hydrogens is 316 g/mol. The zero-order valence-electron chi connectivity index (χ0n) is 15.2. The van der Waals surface area contributed by atoms with Crippen LogP contribution >= 0.6 is 0 Å². The summed E-state index contributed by atoms with van der Waals surface area (Å²) in [5.74, 6) is 0.878. The molecule has 0 radical (unpaired) electrons. The summed E-state index contributed by atoms with van der Waals surface area (Å²) in [5, 5.41) is 8.48. The number of fused-ring (bicyclic) bond motifs is 1. The zero-order valence-corrected chi connectivity index (χ0v) is 15.2. The number of carbonyl (C=O) groups excluding carboxylic acids is 1. The molecule has 0 aliphatic rings. The predicted octanol–water partition coefficient (Wildman–Crippen LogP) is 2.71. The van der Waals surface area contributed by atoms with E-state index < -0.39 is 0 Å². The number of amides is 1. The van der Waals surface area contributed by atoms with Gasteiger partial charge in [0.25, 0.3) is 0 Å². The molecule has 0 spiro atoms. The van der Waals surface area contributed by atoms with Gasteiger partial charge in [0.05, 0.1) is 12.8 Å². The maximum atomic E-state index is 12.2. The predicted molar refractivity (Wildman–Crippen MR) is 97.6 cm³/mol. The second-order valence-corrected chi connectivity index (χ2v) is 6.23. The Balaban J connectivity index is 1.59. The molecule has 2 aromatic heterocycles. The van der Waals surface area contributed by atoms with Gasteiger partial charge in [-0.05, 0) is 38.1 Å². The number of rotatable bonds is 6. The maximum Gasteiger partial charge on any atom is 0.222 e. The Morgan fingerprint density at radius 3 is 2.76 bits per heavy atom. The molecule has 0 bridgehead atoms. The van der Waals surface area contributed by atoms with Crippen LogP contribution in [0.4, 0.5) is 0 Å². The lowest BCUT2D eigenvalue weighted by Gasteiger charge is -2.08. The van der Waals surface area contributed by atoms with Crippen LogP contribution < -0.4 is 10.1 Å². The van der Waals surface area contributed by atoms with E-state index in [-0.39, 0.29) is 5.91 Å². The number of aromatic nitrogens is 3. The van der Waals surface area contributed by atoms with Gasteiger partial charge in [-0.2, -0.15) is 5.10 Å². The molecule has 0 unspecified atom stereocenters. The largest absolute Gasteiger partial charge is 0.497 e. The molecule has 6 nitrogen and oxygen atoms in total. The van der Waals surface area contributed by atoms with E-state index in [1.807, 2.05) is 56.0 Å². The smallest absolute Gasteiger partial charge is 0.222 e. The number of nitrogens with one attached hydrogen (secondary N) is 1. The monoisotopic (exact) mass is 340 g/mol. The summed E-state index contributed by atoms with van der Waals surface area (Å²) >= 11 is 0. The van der Waals surface area contributed by atoms with Gasteiger partial charge in [0.15, 0.2) is 0 Å². The van der Waals surface area contributed by atoms with Crippen molar-refractivity contribution in [3.8, 4) is 5.75 Å². The number of benzene rings is 1. The van der Waals surface area contributed by atoms with Crippen molar-refractivity contribution in [2.45, 2.75) is 33.4 Å². The van der Waals surface area contributed by atoms with Crippen molar-refractivity contribution in [3.63, 3.8) is 0 Å². The fraction of sp³-hybridized carbons (Fsp3) is 0.368. The van der Waals surface area contributed by atoms with Gasteiger partial charge < -0.3 is 14.6 Å². The van der Waals surface area contributed by atoms with Crippen LogP contribution in [0, 0.1) is 13.8 Å². The van der Waals surface area contributed by atoms with Crippen molar-refractivity contribution in [1.29, 1.82) is 0 Å². The highest BCUT2D eigenvalue weighted by Crippen LogP contribution is 2.22. The molecule has 0 aliphatic heterocycles. The molecule has 3 rings (SSSR count). The third-order valence-corrected chi connectivity index (χ3v) is 4.68. The Hall–Kier alpha value is -2.76. The summed E-state index contributed by atoms with van der Waals surface area (Å²) in [6.45, 7) is 5.15. The van der Waals surface area contributed by atoms with Gasteiger partial charge in [-0.15, -0.1) is 0 Å². The Bertz CT molecular complexity index is 908. The van der Waals surface area contributed by atoms with E-state index in [0.717, 1.165) is 33.6 Å². The summed E-state index contributed by atoms with van der Waals surface area (Å²) in [6.07, 6.45) is 2.45. The van der Waals surface area contributed by atoms with E-state index in [1.165, 1.54) is 0 Å². The lowest BCUT2D eigenvalue weighted by atomic mass is 10.2. The van der Waals surface area contributed by atoms with Crippen LogP contribution in [-0.4, -0.2) is 27.4 Å². The number of ether oxygens (including phenoxy) is 1.